The summed E-state index contributed by atoms with van der Waals surface area (Å²) in [6.07, 6.45) is 1.33. The molecule has 26 heavy (non-hydrogen) atoms. The molecule has 7 heteroatoms. The number of benzene rings is 2. The number of hydrogen-bond acceptors (Lipinski definition) is 3. The molecule has 0 radical (unpaired) electrons. The fourth-order valence-electron chi connectivity index (χ4n) is 2.05. The number of carboxylic acid groups (broad SMARTS) is 1. The van der Waals surface area contributed by atoms with Crippen LogP contribution in [0.5, 0.6) is 0 Å². The van der Waals surface area contributed by atoms with Gasteiger partial charge in [0.1, 0.15) is 5.70 Å². The van der Waals surface area contributed by atoms with Gasteiger partial charge in [-0.3, -0.25) is 14.4 Å². The van der Waals surface area contributed by atoms with E-state index in [0.29, 0.717) is 11.1 Å². The second-order valence-electron chi connectivity index (χ2n) is 5.33. The van der Waals surface area contributed by atoms with Crippen molar-refractivity contribution < 1.29 is 19.5 Å². The number of carbonyl (C=O) groups excluding carboxylic acids is 2. The second-order valence-corrected chi connectivity index (χ2v) is 6.25. The van der Waals surface area contributed by atoms with E-state index in [9.17, 15) is 14.4 Å². The van der Waals surface area contributed by atoms with Gasteiger partial charge in [-0.05, 0) is 35.9 Å². The Kier molecular flexibility index (Phi) is 7.11. The summed E-state index contributed by atoms with van der Waals surface area (Å²) in [5.74, 6) is -2.00. The molecule has 2 amide bonds. The van der Waals surface area contributed by atoms with Crippen molar-refractivity contribution in [2.45, 2.75) is 6.42 Å². The van der Waals surface area contributed by atoms with Gasteiger partial charge in [-0.25, -0.2) is 0 Å². The molecule has 0 heterocycles. The van der Waals surface area contributed by atoms with Gasteiger partial charge < -0.3 is 15.7 Å². The van der Waals surface area contributed by atoms with Crippen molar-refractivity contribution in [3.63, 3.8) is 0 Å². The summed E-state index contributed by atoms with van der Waals surface area (Å²) in [5, 5.41) is 13.8. The SMILES string of the molecule is O=C(O)CCNC(=O)/C(=C/c1ccc(Br)cc1)NC(=O)c1ccccc1. The van der Waals surface area contributed by atoms with E-state index in [1.165, 1.54) is 6.08 Å². The van der Waals surface area contributed by atoms with Crippen LogP contribution in [0.4, 0.5) is 0 Å². The number of halogens is 1. The lowest BCUT2D eigenvalue weighted by molar-refractivity contribution is -0.136. The molecular formula is C19H17BrN2O4. The summed E-state index contributed by atoms with van der Waals surface area (Å²) in [5.41, 5.74) is 1.16. The molecule has 6 nitrogen and oxygen atoms in total. The third-order valence-corrected chi connectivity index (χ3v) is 3.86. The Morgan fingerprint density at radius 3 is 2.27 bits per heavy atom. The standard InChI is InChI=1S/C19H17BrN2O4/c20-15-8-6-13(7-9-15)12-16(19(26)21-11-10-17(23)24)22-18(25)14-4-2-1-3-5-14/h1-9,12H,10-11H2,(H,21,26)(H,22,25)(H,23,24)/b16-12-. The molecule has 2 aromatic carbocycles. The summed E-state index contributed by atoms with van der Waals surface area (Å²) in [4.78, 5) is 35.3. The number of carboxylic acids is 1. The van der Waals surface area contributed by atoms with Gasteiger partial charge >= 0.3 is 5.97 Å². The van der Waals surface area contributed by atoms with Crippen molar-refractivity contribution in [1.82, 2.24) is 10.6 Å². The van der Waals surface area contributed by atoms with Gasteiger partial charge in [-0.15, -0.1) is 0 Å². The van der Waals surface area contributed by atoms with Crippen LogP contribution in [0.25, 0.3) is 6.08 Å². The van der Waals surface area contributed by atoms with Crippen LogP contribution < -0.4 is 10.6 Å². The minimum Gasteiger partial charge on any atom is -0.481 e. The van der Waals surface area contributed by atoms with Gasteiger partial charge in [-0.1, -0.05) is 46.3 Å². The van der Waals surface area contributed by atoms with E-state index in [1.54, 1.807) is 42.5 Å². The molecule has 0 saturated heterocycles. The molecule has 0 aliphatic carbocycles. The molecule has 0 aliphatic rings. The molecule has 0 unspecified atom stereocenters. The van der Waals surface area contributed by atoms with Gasteiger partial charge in [0.25, 0.3) is 11.8 Å². The van der Waals surface area contributed by atoms with Crippen LogP contribution in [0.2, 0.25) is 0 Å². The average molecular weight is 417 g/mol. The minimum atomic E-state index is -1.02. The Morgan fingerprint density at radius 1 is 1.00 bits per heavy atom. The first-order valence-electron chi connectivity index (χ1n) is 7.79. The van der Waals surface area contributed by atoms with E-state index in [2.05, 4.69) is 26.6 Å². The predicted molar refractivity (Wildman–Crippen MR) is 101 cm³/mol. The third-order valence-electron chi connectivity index (χ3n) is 3.33. The summed E-state index contributed by atoms with van der Waals surface area (Å²) in [6.45, 7) is -0.0347. The zero-order valence-electron chi connectivity index (χ0n) is 13.7. The minimum absolute atomic E-state index is 0.0339. The van der Waals surface area contributed by atoms with E-state index in [0.717, 1.165) is 4.47 Å². The number of carbonyl (C=O) groups is 3. The van der Waals surface area contributed by atoms with Crippen LogP contribution >= 0.6 is 15.9 Å². The Morgan fingerprint density at radius 2 is 1.65 bits per heavy atom. The van der Waals surface area contributed by atoms with Crippen LogP contribution in [0, 0.1) is 0 Å². The van der Waals surface area contributed by atoms with E-state index in [-0.39, 0.29) is 18.7 Å². The molecule has 0 fully saturated rings. The summed E-state index contributed by atoms with van der Waals surface area (Å²) >= 11 is 3.33. The highest BCUT2D eigenvalue weighted by molar-refractivity contribution is 9.10. The smallest absolute Gasteiger partial charge is 0.305 e. The highest BCUT2D eigenvalue weighted by atomic mass is 79.9. The molecule has 0 aromatic heterocycles. The number of nitrogens with one attached hydrogen (secondary N) is 2. The van der Waals surface area contributed by atoms with Crippen LogP contribution in [0.1, 0.15) is 22.3 Å². The Balaban J connectivity index is 2.20. The van der Waals surface area contributed by atoms with Crippen LogP contribution in [-0.2, 0) is 9.59 Å². The van der Waals surface area contributed by atoms with Crippen LogP contribution in [0.3, 0.4) is 0 Å². The summed E-state index contributed by atoms with van der Waals surface area (Å²) in [6, 6.07) is 15.7. The monoisotopic (exact) mass is 416 g/mol. The maximum Gasteiger partial charge on any atom is 0.305 e. The molecule has 0 atom stereocenters. The Labute approximate surface area is 159 Å². The van der Waals surface area contributed by atoms with Crippen molar-refractivity contribution in [3.8, 4) is 0 Å². The predicted octanol–water partition coefficient (Wildman–Crippen LogP) is 2.81. The number of hydrogen-bond donors (Lipinski definition) is 3. The lowest BCUT2D eigenvalue weighted by Gasteiger charge is -2.11. The fraction of sp³-hybridized carbons (Fsp3) is 0.105. The third kappa shape index (κ3) is 6.18. The zero-order chi connectivity index (χ0) is 18.9. The van der Waals surface area contributed by atoms with E-state index >= 15 is 0 Å². The lowest BCUT2D eigenvalue weighted by atomic mass is 10.1. The summed E-state index contributed by atoms with van der Waals surface area (Å²) < 4.78 is 0.885. The first-order valence-corrected chi connectivity index (χ1v) is 8.58. The van der Waals surface area contributed by atoms with Gasteiger partial charge in [0, 0.05) is 16.6 Å². The highest BCUT2D eigenvalue weighted by Gasteiger charge is 2.14. The van der Waals surface area contributed by atoms with E-state index < -0.39 is 17.8 Å². The van der Waals surface area contributed by atoms with Crippen molar-refractivity contribution >= 4 is 39.8 Å². The molecule has 2 rings (SSSR count). The van der Waals surface area contributed by atoms with Gasteiger partial charge in [-0.2, -0.15) is 0 Å². The highest BCUT2D eigenvalue weighted by Crippen LogP contribution is 2.13. The summed E-state index contributed by atoms with van der Waals surface area (Å²) in [7, 11) is 0. The van der Waals surface area contributed by atoms with Crippen molar-refractivity contribution in [2.24, 2.45) is 0 Å². The molecule has 0 aliphatic heterocycles. The van der Waals surface area contributed by atoms with Crippen LogP contribution in [0.15, 0.2) is 64.8 Å². The average Bonchev–Trinajstić information content (AvgIpc) is 2.63. The molecule has 0 spiro atoms. The van der Waals surface area contributed by atoms with E-state index in [1.807, 2.05) is 12.1 Å². The largest absolute Gasteiger partial charge is 0.481 e. The lowest BCUT2D eigenvalue weighted by Crippen LogP contribution is -2.35. The molecule has 0 bridgehead atoms. The molecule has 2 aromatic rings. The maximum atomic E-state index is 12.4. The molecular weight excluding hydrogens is 400 g/mol. The number of amides is 2. The van der Waals surface area contributed by atoms with Crippen molar-refractivity contribution in [3.05, 3.63) is 75.9 Å². The number of aliphatic carboxylic acids is 1. The fourth-order valence-corrected chi connectivity index (χ4v) is 2.31. The van der Waals surface area contributed by atoms with Crippen molar-refractivity contribution in [1.29, 1.82) is 0 Å². The molecule has 134 valence electrons. The first kappa shape index (κ1) is 19.4. The van der Waals surface area contributed by atoms with Gasteiger partial charge in [0.15, 0.2) is 0 Å². The zero-order valence-corrected chi connectivity index (χ0v) is 15.3. The Hall–Kier alpha value is -2.93. The van der Waals surface area contributed by atoms with Crippen LogP contribution in [-0.4, -0.2) is 29.4 Å². The first-order chi connectivity index (χ1) is 12.5. The normalized spacial score (nSPS) is 10.9. The Bertz CT molecular complexity index is 817. The number of rotatable bonds is 7. The topological polar surface area (TPSA) is 95.5 Å². The quantitative estimate of drug-likeness (QED) is 0.604. The van der Waals surface area contributed by atoms with E-state index in [4.69, 9.17) is 5.11 Å². The molecule has 3 N–H and O–H groups in total. The van der Waals surface area contributed by atoms with Crippen molar-refractivity contribution in [2.75, 3.05) is 6.54 Å². The maximum absolute atomic E-state index is 12.4. The second kappa shape index (κ2) is 9.53. The molecule has 0 saturated carbocycles. The van der Waals surface area contributed by atoms with Gasteiger partial charge in [0.2, 0.25) is 0 Å². The van der Waals surface area contributed by atoms with Gasteiger partial charge in [0.05, 0.1) is 6.42 Å².